The van der Waals surface area contributed by atoms with Gasteiger partial charge in [-0.3, -0.25) is 4.79 Å². The van der Waals surface area contributed by atoms with Crippen molar-refractivity contribution < 1.29 is 9.18 Å². The van der Waals surface area contributed by atoms with E-state index in [9.17, 15) is 9.18 Å². The zero-order chi connectivity index (χ0) is 7.98. The molecule has 0 fully saturated rings. The molecule has 0 heterocycles. The standard InChI is InChI=1S/C8H9FO/c1-3-4-8(6-10)5-7(2)9/h3-6H,1H2,2H3/b7-5+,8-4+. The first-order valence-corrected chi connectivity index (χ1v) is 2.82. The summed E-state index contributed by atoms with van der Waals surface area (Å²) in [6, 6.07) is 0. The zero-order valence-corrected chi connectivity index (χ0v) is 5.80. The summed E-state index contributed by atoms with van der Waals surface area (Å²) >= 11 is 0. The largest absolute Gasteiger partial charge is 0.298 e. The molecule has 0 aliphatic carbocycles. The van der Waals surface area contributed by atoms with Gasteiger partial charge in [0.15, 0.2) is 0 Å². The van der Waals surface area contributed by atoms with E-state index in [2.05, 4.69) is 6.58 Å². The second-order valence-electron chi connectivity index (χ2n) is 1.75. The fraction of sp³-hybridized carbons (Fsp3) is 0.125. The van der Waals surface area contributed by atoms with Crippen molar-refractivity contribution in [3.05, 3.63) is 36.2 Å². The zero-order valence-electron chi connectivity index (χ0n) is 5.80. The first kappa shape index (κ1) is 8.82. The van der Waals surface area contributed by atoms with Crippen LogP contribution in [0.15, 0.2) is 36.2 Å². The van der Waals surface area contributed by atoms with Crippen molar-refractivity contribution in [2.24, 2.45) is 0 Å². The second-order valence-corrected chi connectivity index (χ2v) is 1.75. The van der Waals surface area contributed by atoms with Gasteiger partial charge >= 0.3 is 0 Å². The SMILES string of the molecule is C=C/C=C(C=O)\C=C(/C)F. The summed E-state index contributed by atoms with van der Waals surface area (Å²) in [5, 5.41) is 0. The molecule has 0 aromatic rings. The quantitative estimate of drug-likeness (QED) is 0.333. The van der Waals surface area contributed by atoms with Crippen LogP contribution in [0.4, 0.5) is 4.39 Å². The van der Waals surface area contributed by atoms with Crippen molar-refractivity contribution in [2.75, 3.05) is 0 Å². The molecule has 0 spiro atoms. The lowest BCUT2D eigenvalue weighted by atomic mass is 10.2. The van der Waals surface area contributed by atoms with Gasteiger partial charge in [0.1, 0.15) is 6.29 Å². The van der Waals surface area contributed by atoms with Gasteiger partial charge in [-0.05, 0) is 13.0 Å². The minimum Gasteiger partial charge on any atom is -0.298 e. The fourth-order valence-corrected chi connectivity index (χ4v) is 0.487. The van der Waals surface area contributed by atoms with Crippen molar-refractivity contribution in [1.29, 1.82) is 0 Å². The summed E-state index contributed by atoms with van der Waals surface area (Å²) in [6.45, 7) is 4.65. The summed E-state index contributed by atoms with van der Waals surface area (Å²) in [6.07, 6.45) is 4.60. The summed E-state index contributed by atoms with van der Waals surface area (Å²) in [5.41, 5.74) is 0.287. The Balaban J connectivity index is 4.37. The summed E-state index contributed by atoms with van der Waals surface area (Å²) in [4.78, 5) is 10.1. The molecule has 0 unspecified atom stereocenters. The van der Waals surface area contributed by atoms with Gasteiger partial charge in [0.2, 0.25) is 0 Å². The number of carbonyl (C=O) groups is 1. The van der Waals surface area contributed by atoms with Gasteiger partial charge in [0, 0.05) is 5.57 Å². The minimum atomic E-state index is -0.389. The van der Waals surface area contributed by atoms with Gasteiger partial charge in [-0.25, -0.2) is 4.39 Å². The molecule has 10 heavy (non-hydrogen) atoms. The van der Waals surface area contributed by atoms with E-state index >= 15 is 0 Å². The predicted molar refractivity (Wildman–Crippen MR) is 39.2 cm³/mol. The molecule has 2 heteroatoms. The first-order chi connectivity index (χ1) is 4.70. The van der Waals surface area contributed by atoms with Crippen LogP contribution in [-0.4, -0.2) is 6.29 Å². The number of rotatable bonds is 3. The molecule has 0 bridgehead atoms. The molecule has 0 rings (SSSR count). The van der Waals surface area contributed by atoms with Crippen LogP contribution in [0.1, 0.15) is 6.92 Å². The van der Waals surface area contributed by atoms with Crippen LogP contribution in [0.3, 0.4) is 0 Å². The average molecular weight is 140 g/mol. The maximum absolute atomic E-state index is 12.1. The maximum atomic E-state index is 12.1. The van der Waals surface area contributed by atoms with Gasteiger partial charge in [-0.15, -0.1) is 0 Å². The highest BCUT2D eigenvalue weighted by atomic mass is 19.1. The van der Waals surface area contributed by atoms with E-state index in [1.807, 2.05) is 0 Å². The molecule has 0 atom stereocenters. The van der Waals surface area contributed by atoms with Crippen LogP contribution >= 0.6 is 0 Å². The Hall–Kier alpha value is -1.18. The Morgan fingerprint density at radius 3 is 2.50 bits per heavy atom. The Bertz CT molecular complexity index is 185. The van der Waals surface area contributed by atoms with Crippen molar-refractivity contribution in [3.8, 4) is 0 Å². The number of carbonyl (C=O) groups excluding carboxylic acids is 1. The Kier molecular flexibility index (Phi) is 4.12. The van der Waals surface area contributed by atoms with Crippen molar-refractivity contribution >= 4 is 6.29 Å². The van der Waals surface area contributed by atoms with Crippen LogP contribution in [-0.2, 0) is 4.79 Å². The average Bonchev–Trinajstić information content (AvgIpc) is 1.86. The molecule has 0 aliphatic heterocycles. The predicted octanol–water partition coefficient (Wildman–Crippen LogP) is 2.17. The van der Waals surface area contributed by atoms with Crippen molar-refractivity contribution in [1.82, 2.24) is 0 Å². The molecule has 0 amide bonds. The van der Waals surface area contributed by atoms with Crippen LogP contribution < -0.4 is 0 Å². The third-order valence-corrected chi connectivity index (χ3v) is 0.812. The lowest BCUT2D eigenvalue weighted by Gasteiger charge is -1.85. The lowest BCUT2D eigenvalue weighted by molar-refractivity contribution is -0.104. The van der Waals surface area contributed by atoms with Gasteiger partial charge in [-0.2, -0.15) is 0 Å². The van der Waals surface area contributed by atoms with Crippen molar-refractivity contribution in [2.45, 2.75) is 6.92 Å². The van der Waals surface area contributed by atoms with Gasteiger partial charge < -0.3 is 0 Å². The molecule has 0 saturated heterocycles. The molecule has 0 aliphatic rings. The molecule has 0 radical (unpaired) electrons. The highest BCUT2D eigenvalue weighted by Gasteiger charge is 1.88. The van der Waals surface area contributed by atoms with E-state index < -0.39 is 0 Å². The van der Waals surface area contributed by atoms with Crippen LogP contribution in [0.5, 0.6) is 0 Å². The van der Waals surface area contributed by atoms with E-state index in [1.165, 1.54) is 19.1 Å². The van der Waals surface area contributed by atoms with E-state index in [4.69, 9.17) is 0 Å². The topological polar surface area (TPSA) is 17.1 Å². The van der Waals surface area contributed by atoms with Crippen LogP contribution in [0.25, 0.3) is 0 Å². The van der Waals surface area contributed by atoms with Crippen LogP contribution in [0.2, 0.25) is 0 Å². The minimum absolute atomic E-state index is 0.287. The number of aldehydes is 1. The van der Waals surface area contributed by atoms with E-state index in [0.29, 0.717) is 6.29 Å². The Morgan fingerprint density at radius 2 is 2.20 bits per heavy atom. The highest BCUT2D eigenvalue weighted by Crippen LogP contribution is 2.00. The molecule has 54 valence electrons. The van der Waals surface area contributed by atoms with E-state index in [1.54, 1.807) is 0 Å². The Morgan fingerprint density at radius 1 is 1.60 bits per heavy atom. The van der Waals surface area contributed by atoms with Gasteiger partial charge in [0.25, 0.3) is 0 Å². The third-order valence-electron chi connectivity index (χ3n) is 0.812. The smallest absolute Gasteiger partial charge is 0.150 e. The number of allylic oxidation sites excluding steroid dienone is 5. The molecule has 0 aromatic carbocycles. The van der Waals surface area contributed by atoms with Crippen LogP contribution in [0, 0.1) is 0 Å². The molecule has 0 N–H and O–H groups in total. The molecule has 0 aromatic heterocycles. The van der Waals surface area contributed by atoms with E-state index in [0.717, 1.165) is 6.08 Å². The van der Waals surface area contributed by atoms with Gasteiger partial charge in [-0.1, -0.05) is 18.7 Å². The fourth-order valence-electron chi connectivity index (χ4n) is 0.487. The normalized spacial score (nSPS) is 13.0. The van der Waals surface area contributed by atoms with Gasteiger partial charge in [0.05, 0.1) is 5.83 Å². The number of hydrogen-bond acceptors (Lipinski definition) is 1. The summed E-state index contributed by atoms with van der Waals surface area (Å²) in [7, 11) is 0. The molecular formula is C8H9FO. The van der Waals surface area contributed by atoms with Crippen molar-refractivity contribution in [3.63, 3.8) is 0 Å². The number of halogens is 1. The maximum Gasteiger partial charge on any atom is 0.150 e. The first-order valence-electron chi connectivity index (χ1n) is 2.82. The molecule has 1 nitrogen and oxygen atoms in total. The highest BCUT2D eigenvalue weighted by molar-refractivity contribution is 5.78. The van der Waals surface area contributed by atoms with E-state index in [-0.39, 0.29) is 11.4 Å². The Labute approximate surface area is 59.6 Å². The summed E-state index contributed by atoms with van der Waals surface area (Å²) < 4.78 is 12.1. The summed E-state index contributed by atoms with van der Waals surface area (Å²) in [5.74, 6) is -0.389. The third kappa shape index (κ3) is 3.78. The number of hydrogen-bond donors (Lipinski definition) is 0. The lowest BCUT2D eigenvalue weighted by Crippen LogP contribution is -1.77. The molecule has 0 saturated carbocycles. The molecular weight excluding hydrogens is 131 g/mol. The second kappa shape index (κ2) is 4.68. The monoisotopic (exact) mass is 140 g/mol.